The Bertz CT molecular complexity index is 808. The Kier molecular flexibility index (Phi) is 6.60. The van der Waals surface area contributed by atoms with Crippen LogP contribution in [0.2, 0.25) is 0 Å². The summed E-state index contributed by atoms with van der Waals surface area (Å²) in [6.45, 7) is 5.49. The fourth-order valence-corrected chi connectivity index (χ4v) is 4.08. The molecule has 0 bridgehead atoms. The molecule has 2 aromatic rings. The van der Waals surface area contributed by atoms with Crippen molar-refractivity contribution < 1.29 is 0 Å². The van der Waals surface area contributed by atoms with Crippen LogP contribution in [0.25, 0.3) is 0 Å². The van der Waals surface area contributed by atoms with E-state index in [1.807, 2.05) is 0 Å². The fourth-order valence-electron chi connectivity index (χ4n) is 4.08. The highest BCUT2D eigenvalue weighted by Crippen LogP contribution is 2.25. The van der Waals surface area contributed by atoms with Gasteiger partial charge in [-0.05, 0) is 75.1 Å². The van der Waals surface area contributed by atoms with Crippen LogP contribution in [-0.2, 0) is 0 Å². The molecule has 1 aliphatic heterocycles. The molecule has 154 valence electrons. The molecule has 1 aromatic heterocycles. The van der Waals surface area contributed by atoms with Gasteiger partial charge in [0.15, 0.2) is 5.82 Å². The van der Waals surface area contributed by atoms with Crippen molar-refractivity contribution in [1.29, 1.82) is 0 Å². The van der Waals surface area contributed by atoms with Gasteiger partial charge in [0, 0.05) is 31.0 Å². The number of piperidine rings is 1. The molecule has 1 saturated heterocycles. The molecule has 0 atom stereocenters. The topological polar surface area (TPSA) is 66.0 Å². The van der Waals surface area contributed by atoms with Crippen molar-refractivity contribution in [3.63, 3.8) is 0 Å². The van der Waals surface area contributed by atoms with Crippen LogP contribution in [0.3, 0.4) is 0 Å². The summed E-state index contributed by atoms with van der Waals surface area (Å²) < 4.78 is 0. The van der Waals surface area contributed by atoms with Gasteiger partial charge in [0.1, 0.15) is 0 Å². The van der Waals surface area contributed by atoms with Crippen LogP contribution in [-0.4, -0.2) is 34.8 Å². The molecule has 1 aromatic carbocycles. The maximum atomic E-state index is 4.55. The number of nitrogens with zero attached hydrogens (tertiary/aromatic N) is 4. The van der Waals surface area contributed by atoms with Crippen LogP contribution in [0.15, 0.2) is 42.1 Å². The molecule has 0 spiro atoms. The Morgan fingerprint density at radius 2 is 1.93 bits per heavy atom. The molecule has 0 radical (unpaired) electrons. The molecule has 0 unspecified atom stereocenters. The summed E-state index contributed by atoms with van der Waals surface area (Å²) in [5.74, 6) is 2.13. The minimum absolute atomic E-state index is 0.575. The average Bonchev–Trinajstić information content (AvgIpc) is 2.76. The maximum Gasteiger partial charge on any atom is 0.244 e. The van der Waals surface area contributed by atoms with Crippen LogP contribution < -0.4 is 15.5 Å². The molecular weight excluding hydrogens is 360 g/mol. The van der Waals surface area contributed by atoms with Crippen molar-refractivity contribution in [3.05, 3.63) is 42.1 Å². The summed E-state index contributed by atoms with van der Waals surface area (Å²) in [7, 11) is 0. The van der Waals surface area contributed by atoms with Crippen molar-refractivity contribution in [2.24, 2.45) is 5.92 Å². The number of aromatic nitrogens is 3. The van der Waals surface area contributed by atoms with Gasteiger partial charge in [0.25, 0.3) is 0 Å². The quantitative estimate of drug-likeness (QED) is 0.635. The summed E-state index contributed by atoms with van der Waals surface area (Å²) in [6, 6.07) is 8.59. The third-order valence-electron chi connectivity index (χ3n) is 5.96. The third-order valence-corrected chi connectivity index (χ3v) is 5.96. The lowest BCUT2D eigenvalue weighted by Gasteiger charge is -2.32. The first kappa shape index (κ1) is 19.7. The second-order valence-corrected chi connectivity index (χ2v) is 8.29. The molecule has 29 heavy (non-hydrogen) atoms. The highest BCUT2D eigenvalue weighted by Gasteiger charge is 2.15. The number of nitrogens with one attached hydrogen (secondary N) is 2. The Morgan fingerprint density at radius 1 is 1.10 bits per heavy atom. The molecule has 0 saturated carbocycles. The van der Waals surface area contributed by atoms with E-state index in [4.69, 9.17) is 0 Å². The van der Waals surface area contributed by atoms with E-state index in [9.17, 15) is 0 Å². The lowest BCUT2D eigenvalue weighted by Crippen LogP contribution is -2.32. The van der Waals surface area contributed by atoms with E-state index < -0.39 is 0 Å². The molecule has 6 nitrogen and oxygen atoms in total. The summed E-state index contributed by atoms with van der Waals surface area (Å²) in [5.41, 5.74) is 3.86. The first-order valence-electron chi connectivity index (χ1n) is 11.0. The zero-order valence-electron chi connectivity index (χ0n) is 17.4. The van der Waals surface area contributed by atoms with Crippen LogP contribution in [0.4, 0.5) is 23.1 Å². The van der Waals surface area contributed by atoms with Gasteiger partial charge in [-0.25, -0.2) is 0 Å². The Balaban J connectivity index is 1.30. The van der Waals surface area contributed by atoms with Crippen LogP contribution in [0.1, 0.15) is 51.9 Å². The Morgan fingerprint density at radius 3 is 2.69 bits per heavy atom. The molecule has 1 fully saturated rings. The molecular formula is C23H32N6. The van der Waals surface area contributed by atoms with Gasteiger partial charge in [-0.1, -0.05) is 18.6 Å². The molecule has 2 N–H and O–H groups in total. The van der Waals surface area contributed by atoms with Gasteiger partial charge in [-0.15, -0.1) is 5.10 Å². The van der Waals surface area contributed by atoms with E-state index in [1.54, 1.807) is 11.8 Å². The lowest BCUT2D eigenvalue weighted by molar-refractivity contribution is 0.438. The number of allylic oxidation sites excluding steroid dienone is 1. The van der Waals surface area contributed by atoms with Crippen molar-refractivity contribution in [2.75, 3.05) is 35.2 Å². The zero-order chi connectivity index (χ0) is 19.9. The standard InChI is InChI=1S/C23H32N6/c1-18-12-15-29(16-13-18)21-9-7-20(8-10-21)26-22-17-25-28-23(27-22)24-14-11-19-5-3-2-4-6-19/h5,7-10,17-18H,2-4,6,11-16H2,1H3,(H2,24,26,27,28). The highest BCUT2D eigenvalue weighted by atomic mass is 15.3. The molecule has 4 rings (SSSR count). The Labute approximate surface area is 173 Å². The minimum atomic E-state index is 0.575. The van der Waals surface area contributed by atoms with Crippen molar-refractivity contribution in [3.8, 4) is 0 Å². The fraction of sp³-hybridized carbons (Fsp3) is 0.522. The molecule has 2 heterocycles. The van der Waals surface area contributed by atoms with E-state index >= 15 is 0 Å². The molecule has 1 aliphatic carbocycles. The van der Waals surface area contributed by atoms with Crippen molar-refractivity contribution >= 4 is 23.1 Å². The molecule has 0 amide bonds. The van der Waals surface area contributed by atoms with Crippen molar-refractivity contribution in [1.82, 2.24) is 15.2 Å². The smallest absolute Gasteiger partial charge is 0.244 e. The van der Waals surface area contributed by atoms with Gasteiger partial charge in [-0.3, -0.25) is 0 Å². The van der Waals surface area contributed by atoms with Crippen LogP contribution in [0, 0.1) is 5.92 Å². The first-order chi connectivity index (χ1) is 14.3. The van der Waals surface area contributed by atoms with E-state index in [0.717, 1.165) is 37.7 Å². The largest absolute Gasteiger partial charge is 0.372 e. The van der Waals surface area contributed by atoms with Crippen molar-refractivity contribution in [2.45, 2.75) is 51.9 Å². The third kappa shape index (κ3) is 5.68. The first-order valence-corrected chi connectivity index (χ1v) is 11.0. The second-order valence-electron chi connectivity index (χ2n) is 8.29. The van der Waals surface area contributed by atoms with Gasteiger partial charge < -0.3 is 15.5 Å². The van der Waals surface area contributed by atoms with Crippen LogP contribution in [0.5, 0.6) is 0 Å². The van der Waals surface area contributed by atoms with Gasteiger partial charge in [-0.2, -0.15) is 10.1 Å². The monoisotopic (exact) mass is 392 g/mol. The SMILES string of the molecule is CC1CCN(c2ccc(Nc3cnnc(NCCC4=CCCCC4)n3)cc2)CC1. The van der Waals surface area contributed by atoms with E-state index in [0.29, 0.717) is 11.8 Å². The number of hydrogen-bond acceptors (Lipinski definition) is 6. The van der Waals surface area contributed by atoms with Crippen LogP contribution >= 0.6 is 0 Å². The lowest BCUT2D eigenvalue weighted by atomic mass is 9.97. The van der Waals surface area contributed by atoms with E-state index in [2.05, 4.69) is 68.0 Å². The van der Waals surface area contributed by atoms with Gasteiger partial charge in [0.05, 0.1) is 6.20 Å². The number of anilines is 4. The number of hydrogen-bond donors (Lipinski definition) is 2. The summed E-state index contributed by atoms with van der Waals surface area (Å²) in [6.07, 6.45) is 12.8. The second kappa shape index (κ2) is 9.72. The molecule has 6 heteroatoms. The predicted molar refractivity (Wildman–Crippen MR) is 120 cm³/mol. The zero-order valence-corrected chi connectivity index (χ0v) is 17.4. The highest BCUT2D eigenvalue weighted by molar-refractivity contribution is 5.61. The van der Waals surface area contributed by atoms with Gasteiger partial charge in [0.2, 0.25) is 5.95 Å². The summed E-state index contributed by atoms with van der Waals surface area (Å²) >= 11 is 0. The number of rotatable bonds is 7. The Hall–Kier alpha value is -2.63. The summed E-state index contributed by atoms with van der Waals surface area (Å²) in [5, 5.41) is 14.8. The minimum Gasteiger partial charge on any atom is -0.372 e. The average molecular weight is 393 g/mol. The number of benzene rings is 1. The predicted octanol–water partition coefficient (Wildman–Crippen LogP) is 5.15. The summed E-state index contributed by atoms with van der Waals surface area (Å²) in [4.78, 5) is 7.02. The maximum absolute atomic E-state index is 4.55. The van der Waals surface area contributed by atoms with E-state index in [-0.39, 0.29) is 0 Å². The molecule has 2 aliphatic rings. The van der Waals surface area contributed by atoms with Gasteiger partial charge >= 0.3 is 0 Å². The normalized spacial score (nSPS) is 17.7. The van der Waals surface area contributed by atoms with E-state index in [1.165, 1.54) is 44.2 Å².